The van der Waals surface area contributed by atoms with Gasteiger partial charge in [-0.05, 0) is 26.3 Å². The molecule has 1 heterocycles. The van der Waals surface area contributed by atoms with Gasteiger partial charge in [0.05, 0.1) is 5.92 Å². The molecule has 1 aromatic carbocycles. The highest BCUT2D eigenvalue weighted by Gasteiger charge is 2.34. The highest BCUT2D eigenvalue weighted by atomic mass is 16.6. The topological polar surface area (TPSA) is 75.7 Å². The molecule has 1 fully saturated rings. The second kappa shape index (κ2) is 6.81. The number of nitrogens with one attached hydrogen (secondary N) is 1. The lowest BCUT2D eigenvalue weighted by Gasteiger charge is -2.28. The van der Waals surface area contributed by atoms with Crippen LogP contribution in [-0.2, 0) is 20.9 Å². The summed E-state index contributed by atoms with van der Waals surface area (Å²) in [7, 11) is 0. The molecule has 1 aliphatic heterocycles. The van der Waals surface area contributed by atoms with Gasteiger partial charge < -0.3 is 9.64 Å². The van der Waals surface area contributed by atoms with Crippen molar-refractivity contribution in [3.05, 3.63) is 35.9 Å². The molecule has 1 aliphatic rings. The molecule has 0 radical (unpaired) electrons. The average molecular weight is 318 g/mol. The van der Waals surface area contributed by atoms with Gasteiger partial charge in [-0.1, -0.05) is 30.3 Å². The molecule has 1 N–H and O–H groups in total. The molecule has 23 heavy (non-hydrogen) atoms. The van der Waals surface area contributed by atoms with E-state index in [2.05, 4.69) is 5.32 Å². The Morgan fingerprint density at radius 1 is 1.26 bits per heavy atom. The molecule has 124 valence electrons. The maximum atomic E-state index is 12.4. The van der Waals surface area contributed by atoms with Crippen LogP contribution in [0.15, 0.2) is 30.3 Å². The van der Waals surface area contributed by atoms with Crippen LogP contribution in [-0.4, -0.2) is 35.0 Å². The van der Waals surface area contributed by atoms with E-state index >= 15 is 0 Å². The highest BCUT2D eigenvalue weighted by Crippen LogP contribution is 2.18. The van der Waals surface area contributed by atoms with Gasteiger partial charge in [-0.2, -0.15) is 0 Å². The minimum atomic E-state index is -0.625. The summed E-state index contributed by atoms with van der Waals surface area (Å²) in [5.41, 5.74) is 0.308. The fourth-order valence-electron chi connectivity index (χ4n) is 2.35. The first-order valence-corrected chi connectivity index (χ1v) is 7.60. The summed E-state index contributed by atoms with van der Waals surface area (Å²) in [4.78, 5) is 37.0. The molecule has 3 amide bonds. The predicted octanol–water partition coefficient (Wildman–Crippen LogP) is 2.09. The van der Waals surface area contributed by atoms with E-state index in [-0.39, 0.29) is 24.8 Å². The third kappa shape index (κ3) is 5.09. The van der Waals surface area contributed by atoms with Crippen molar-refractivity contribution in [2.75, 3.05) is 6.54 Å². The van der Waals surface area contributed by atoms with Crippen LogP contribution in [0.1, 0.15) is 32.8 Å². The van der Waals surface area contributed by atoms with E-state index in [0.29, 0.717) is 6.54 Å². The van der Waals surface area contributed by atoms with E-state index in [9.17, 15) is 14.4 Å². The van der Waals surface area contributed by atoms with Gasteiger partial charge in [0.1, 0.15) is 5.60 Å². The largest absolute Gasteiger partial charge is 0.444 e. The lowest BCUT2D eigenvalue weighted by Crippen LogP contribution is -2.40. The smallest absolute Gasteiger partial charge is 0.410 e. The van der Waals surface area contributed by atoms with Crippen LogP contribution in [0, 0.1) is 5.92 Å². The van der Waals surface area contributed by atoms with Crippen molar-refractivity contribution >= 4 is 17.9 Å². The first-order valence-electron chi connectivity index (χ1n) is 7.60. The Hall–Kier alpha value is -2.37. The van der Waals surface area contributed by atoms with Crippen molar-refractivity contribution in [1.29, 1.82) is 0 Å². The SMILES string of the molecule is CC(C)(C)OC(=O)N(Cc1ccccc1)C[C@H]1CC(=O)NC1=O. The minimum Gasteiger partial charge on any atom is -0.444 e. The zero-order chi connectivity index (χ0) is 17.0. The number of carbonyl (C=O) groups excluding carboxylic acids is 3. The monoisotopic (exact) mass is 318 g/mol. The lowest BCUT2D eigenvalue weighted by molar-refractivity contribution is -0.125. The van der Waals surface area contributed by atoms with E-state index in [4.69, 9.17) is 4.74 Å². The van der Waals surface area contributed by atoms with Crippen LogP contribution in [0.3, 0.4) is 0 Å². The number of imide groups is 1. The molecule has 0 aliphatic carbocycles. The van der Waals surface area contributed by atoms with E-state index in [1.165, 1.54) is 4.90 Å². The molecule has 1 saturated heterocycles. The Bertz CT molecular complexity index is 592. The predicted molar refractivity (Wildman–Crippen MR) is 84.3 cm³/mol. The second-order valence-corrected chi connectivity index (χ2v) is 6.66. The van der Waals surface area contributed by atoms with Gasteiger partial charge in [0.2, 0.25) is 11.8 Å². The van der Waals surface area contributed by atoms with Crippen LogP contribution in [0.4, 0.5) is 4.79 Å². The normalized spacial score (nSPS) is 17.8. The van der Waals surface area contributed by atoms with Gasteiger partial charge in [0.25, 0.3) is 0 Å². The summed E-state index contributed by atoms with van der Waals surface area (Å²) < 4.78 is 5.41. The Morgan fingerprint density at radius 3 is 2.43 bits per heavy atom. The molecule has 0 aromatic heterocycles. The zero-order valence-electron chi connectivity index (χ0n) is 13.7. The molecule has 0 bridgehead atoms. The fraction of sp³-hybridized carbons (Fsp3) is 0.471. The van der Waals surface area contributed by atoms with Crippen LogP contribution >= 0.6 is 0 Å². The van der Waals surface area contributed by atoms with Crippen molar-refractivity contribution in [1.82, 2.24) is 10.2 Å². The number of amides is 3. The minimum absolute atomic E-state index is 0.104. The van der Waals surface area contributed by atoms with Gasteiger partial charge in [-0.15, -0.1) is 0 Å². The number of hydrogen-bond donors (Lipinski definition) is 1. The number of rotatable bonds is 4. The molecular formula is C17H22N2O4. The summed E-state index contributed by atoms with van der Waals surface area (Å²) in [6.07, 6.45) is -0.388. The summed E-state index contributed by atoms with van der Waals surface area (Å²) in [6, 6.07) is 9.46. The number of ether oxygens (including phenoxy) is 1. The maximum Gasteiger partial charge on any atom is 0.410 e. The molecule has 6 nitrogen and oxygen atoms in total. The zero-order valence-corrected chi connectivity index (χ0v) is 13.7. The Labute approximate surface area is 135 Å². The van der Waals surface area contributed by atoms with E-state index in [1.807, 2.05) is 30.3 Å². The Morgan fingerprint density at radius 2 is 1.91 bits per heavy atom. The van der Waals surface area contributed by atoms with Crippen LogP contribution in [0.2, 0.25) is 0 Å². The molecule has 0 saturated carbocycles. The van der Waals surface area contributed by atoms with Gasteiger partial charge in [0, 0.05) is 19.5 Å². The molecule has 0 unspecified atom stereocenters. The highest BCUT2D eigenvalue weighted by molar-refractivity contribution is 6.03. The number of hydrogen-bond acceptors (Lipinski definition) is 4. The van der Waals surface area contributed by atoms with Crippen molar-refractivity contribution in [2.45, 2.75) is 39.3 Å². The molecule has 1 aromatic rings. The van der Waals surface area contributed by atoms with Gasteiger partial charge in [0.15, 0.2) is 0 Å². The molecule has 1 atom stereocenters. The van der Waals surface area contributed by atoms with Crippen molar-refractivity contribution in [3.8, 4) is 0 Å². The number of carbonyl (C=O) groups is 3. The van der Waals surface area contributed by atoms with E-state index < -0.39 is 17.6 Å². The van der Waals surface area contributed by atoms with Gasteiger partial charge in [-0.3, -0.25) is 14.9 Å². The Kier molecular flexibility index (Phi) is 5.03. The number of benzene rings is 1. The lowest BCUT2D eigenvalue weighted by atomic mass is 10.1. The van der Waals surface area contributed by atoms with Crippen LogP contribution in [0.5, 0.6) is 0 Å². The Balaban J connectivity index is 2.12. The molecule has 0 spiro atoms. The summed E-state index contributed by atoms with van der Waals surface area (Å²) in [5, 5.41) is 2.27. The van der Waals surface area contributed by atoms with E-state index in [1.54, 1.807) is 20.8 Å². The van der Waals surface area contributed by atoms with E-state index in [0.717, 1.165) is 5.56 Å². The third-order valence-corrected chi connectivity index (χ3v) is 3.37. The second-order valence-electron chi connectivity index (χ2n) is 6.66. The molecular weight excluding hydrogens is 296 g/mol. The van der Waals surface area contributed by atoms with Gasteiger partial charge >= 0.3 is 6.09 Å². The first kappa shape index (κ1) is 17.0. The summed E-state index contributed by atoms with van der Waals surface area (Å²) >= 11 is 0. The maximum absolute atomic E-state index is 12.4. The fourth-order valence-corrected chi connectivity index (χ4v) is 2.35. The van der Waals surface area contributed by atoms with Crippen LogP contribution in [0.25, 0.3) is 0 Å². The average Bonchev–Trinajstić information content (AvgIpc) is 2.75. The summed E-state index contributed by atoms with van der Waals surface area (Å²) in [5.74, 6) is -1.17. The summed E-state index contributed by atoms with van der Waals surface area (Å²) in [6.45, 7) is 5.85. The molecule has 6 heteroatoms. The molecule has 2 rings (SSSR count). The quantitative estimate of drug-likeness (QED) is 0.863. The van der Waals surface area contributed by atoms with Crippen molar-refractivity contribution in [3.63, 3.8) is 0 Å². The number of nitrogens with zero attached hydrogens (tertiary/aromatic N) is 1. The van der Waals surface area contributed by atoms with Crippen LogP contribution < -0.4 is 5.32 Å². The first-order chi connectivity index (χ1) is 10.7. The standard InChI is InChI=1S/C17H22N2O4/c1-17(2,3)23-16(22)19(10-12-7-5-4-6-8-12)11-13-9-14(20)18-15(13)21/h4-8,13H,9-11H2,1-3H3,(H,18,20,21)/t13-/m1/s1. The third-order valence-electron chi connectivity index (χ3n) is 3.37. The van der Waals surface area contributed by atoms with Crippen molar-refractivity contribution < 1.29 is 19.1 Å². The van der Waals surface area contributed by atoms with Crippen molar-refractivity contribution in [2.24, 2.45) is 5.92 Å². The van der Waals surface area contributed by atoms with Gasteiger partial charge in [-0.25, -0.2) is 4.79 Å².